The van der Waals surface area contributed by atoms with Crippen LogP contribution >= 0.6 is 88.5 Å². The average molecular weight is 1090 g/mol. The zero-order chi connectivity index (χ0) is 45.3. The van der Waals surface area contributed by atoms with Gasteiger partial charge in [-0.05, 0) is 99.6 Å². The molecule has 0 saturated carbocycles. The molecular formula is C54H77Br2NO2S5. The molecule has 64 heavy (non-hydrogen) atoms. The van der Waals surface area contributed by atoms with Crippen molar-refractivity contribution < 1.29 is 9.59 Å². The topological polar surface area (TPSA) is 37.4 Å². The van der Waals surface area contributed by atoms with Gasteiger partial charge in [-0.25, -0.2) is 0 Å². The first-order valence-electron chi connectivity index (χ1n) is 25.8. The highest BCUT2D eigenvalue weighted by Crippen LogP contribution is 2.54. The van der Waals surface area contributed by atoms with E-state index in [1.54, 1.807) is 16.2 Å². The summed E-state index contributed by atoms with van der Waals surface area (Å²) in [4.78, 5) is 35.9. The second kappa shape index (κ2) is 27.9. The molecule has 5 aromatic rings. The van der Waals surface area contributed by atoms with Crippen LogP contribution in [0.5, 0.6) is 0 Å². The average Bonchev–Trinajstić information content (AvgIpc) is 4.13. The van der Waals surface area contributed by atoms with Crippen LogP contribution in [0.4, 0.5) is 0 Å². The number of hydrogen-bond donors (Lipinski definition) is 0. The van der Waals surface area contributed by atoms with Crippen LogP contribution in [0.15, 0.2) is 19.7 Å². The summed E-state index contributed by atoms with van der Waals surface area (Å²) in [6.07, 6.45) is 37.9. The predicted octanol–water partition coefficient (Wildman–Crippen LogP) is 21.5. The highest BCUT2D eigenvalue weighted by atomic mass is 79.9. The number of carbonyl (C=O) groups excluding carboxylic acids is 2. The molecule has 1 atom stereocenters. The molecule has 1 unspecified atom stereocenters. The predicted molar refractivity (Wildman–Crippen MR) is 295 cm³/mol. The summed E-state index contributed by atoms with van der Waals surface area (Å²) < 4.78 is 7.78. The molecule has 10 heteroatoms. The van der Waals surface area contributed by atoms with E-state index in [4.69, 9.17) is 0 Å². The first-order valence-corrected chi connectivity index (χ1v) is 31.4. The summed E-state index contributed by atoms with van der Waals surface area (Å²) in [5, 5.41) is 0. The molecule has 1 aliphatic rings. The minimum atomic E-state index is -0.0624. The number of imide groups is 1. The maximum Gasteiger partial charge on any atom is 0.263 e. The number of hydrogen-bond acceptors (Lipinski definition) is 7. The van der Waals surface area contributed by atoms with Crippen molar-refractivity contribution in [1.29, 1.82) is 0 Å². The monoisotopic (exact) mass is 1090 g/mol. The normalized spacial score (nSPS) is 13.5. The van der Waals surface area contributed by atoms with Crippen molar-refractivity contribution in [3.8, 4) is 19.5 Å². The summed E-state index contributed by atoms with van der Waals surface area (Å²) >= 11 is 16.9. The van der Waals surface area contributed by atoms with Gasteiger partial charge in [0.15, 0.2) is 0 Å². The van der Waals surface area contributed by atoms with Crippen molar-refractivity contribution >= 4 is 119 Å². The van der Waals surface area contributed by atoms with E-state index >= 15 is 0 Å². The molecule has 354 valence electrons. The summed E-state index contributed by atoms with van der Waals surface area (Å²) in [7, 11) is 0. The van der Waals surface area contributed by atoms with Gasteiger partial charge >= 0.3 is 0 Å². The molecule has 5 aromatic heterocycles. The van der Waals surface area contributed by atoms with Crippen LogP contribution in [0.2, 0.25) is 0 Å². The van der Waals surface area contributed by atoms with Gasteiger partial charge in [0, 0.05) is 25.7 Å². The van der Waals surface area contributed by atoms with E-state index in [2.05, 4.69) is 71.7 Å². The molecule has 0 aromatic carbocycles. The third-order valence-electron chi connectivity index (χ3n) is 13.5. The zero-order valence-electron chi connectivity index (χ0n) is 39.7. The number of carbonyl (C=O) groups is 2. The molecule has 6 heterocycles. The Labute approximate surface area is 424 Å². The molecular weight excluding hydrogens is 1010 g/mol. The first kappa shape index (κ1) is 52.5. The number of halogens is 2. The lowest BCUT2D eigenvalue weighted by molar-refractivity contribution is 0.0622. The molecule has 0 saturated heterocycles. The molecule has 0 spiro atoms. The van der Waals surface area contributed by atoms with E-state index in [1.807, 2.05) is 45.3 Å². The molecule has 0 aliphatic carbocycles. The van der Waals surface area contributed by atoms with Crippen LogP contribution in [-0.4, -0.2) is 23.3 Å². The number of nitrogens with zero attached hydrogens (tertiary/aromatic N) is 1. The second-order valence-corrected chi connectivity index (χ2v) is 26.6. The summed E-state index contributed by atoms with van der Waals surface area (Å²) in [6, 6.07) is 4.65. The Balaban J connectivity index is 1.27. The fraction of sp³-hybridized carbons (Fsp3) is 0.667. The Morgan fingerprint density at radius 3 is 1.19 bits per heavy atom. The third kappa shape index (κ3) is 14.1. The van der Waals surface area contributed by atoms with Gasteiger partial charge in [-0.15, -0.1) is 56.7 Å². The lowest BCUT2D eigenvalue weighted by Crippen LogP contribution is -2.35. The third-order valence-corrected chi connectivity index (χ3v) is 21.6. The molecule has 3 nitrogen and oxygen atoms in total. The molecule has 0 radical (unpaired) electrons. The molecule has 2 amide bonds. The van der Waals surface area contributed by atoms with Gasteiger partial charge in [0.25, 0.3) is 11.8 Å². The Morgan fingerprint density at radius 2 is 0.797 bits per heavy atom. The molecule has 0 fully saturated rings. The van der Waals surface area contributed by atoms with E-state index in [1.165, 1.54) is 204 Å². The Morgan fingerprint density at radius 1 is 0.453 bits per heavy atom. The van der Waals surface area contributed by atoms with Crippen molar-refractivity contribution in [3.63, 3.8) is 0 Å². The second-order valence-electron chi connectivity index (χ2n) is 18.8. The number of rotatable bonds is 34. The van der Waals surface area contributed by atoms with Crippen molar-refractivity contribution in [3.05, 3.63) is 42.0 Å². The molecule has 0 N–H and O–H groups in total. The van der Waals surface area contributed by atoms with Gasteiger partial charge in [0.05, 0.1) is 37.9 Å². The van der Waals surface area contributed by atoms with Crippen LogP contribution in [0, 0.1) is 5.92 Å². The van der Waals surface area contributed by atoms with Gasteiger partial charge in [0.1, 0.15) is 0 Å². The first-order chi connectivity index (χ1) is 31.3. The quantitative estimate of drug-likeness (QED) is 0.0304. The number of unbranched alkanes of at least 4 members (excludes halogenated alkanes) is 22. The van der Waals surface area contributed by atoms with Crippen molar-refractivity contribution in [2.45, 2.75) is 220 Å². The fourth-order valence-corrected chi connectivity index (χ4v) is 18.2. The summed E-state index contributed by atoms with van der Waals surface area (Å²) in [6.45, 7) is 9.66. The fourth-order valence-electron chi connectivity index (χ4n) is 9.71. The van der Waals surface area contributed by atoms with E-state index in [-0.39, 0.29) is 11.8 Å². The van der Waals surface area contributed by atoms with Crippen LogP contribution in [0.25, 0.3) is 38.3 Å². The van der Waals surface area contributed by atoms with Crippen molar-refractivity contribution in [2.75, 3.05) is 6.54 Å². The van der Waals surface area contributed by atoms with Gasteiger partial charge < -0.3 is 0 Å². The standard InChI is InChI=1S/C54H77Br2NO2S5/c1-5-9-13-17-20-22-25-29-33-39-47-41(62-51(39)55)35-43(60-47)49-45-46(54(59)57(53(45)58)37-38(31-27-16-12-8-4)32-28-24-19-15-11-7-3)50(64-49)44-36-42-48(61-44)40(52(56)63-42)34-30-26-23-21-18-14-10-6-2/h35-36,38H,5-34,37H2,1-4H3. The molecule has 1 aliphatic heterocycles. The minimum absolute atomic E-state index is 0.0624. The lowest BCUT2D eigenvalue weighted by atomic mass is 9.93. The van der Waals surface area contributed by atoms with Crippen LogP contribution < -0.4 is 0 Å². The van der Waals surface area contributed by atoms with E-state index in [0.717, 1.165) is 45.2 Å². The van der Waals surface area contributed by atoms with Crippen molar-refractivity contribution in [1.82, 2.24) is 4.90 Å². The Bertz CT molecular complexity index is 2050. The number of amides is 2. The number of thiophene rings is 5. The lowest BCUT2D eigenvalue weighted by Gasteiger charge is -2.23. The number of fused-ring (bicyclic) bond motifs is 3. The SMILES string of the molecule is CCCCCCCCCCc1c(Br)sc2cc(-c3sc(-c4cc5sc(Br)c(CCCCCCCCCC)c5s4)c4c3C(=O)N(CC(CCCCCC)CCCCCCCC)C4=O)sc12. The van der Waals surface area contributed by atoms with Gasteiger partial charge in [-0.3, -0.25) is 14.5 Å². The molecule has 0 bridgehead atoms. The maximum absolute atomic E-state index is 14.9. The highest BCUT2D eigenvalue weighted by Gasteiger charge is 2.43. The van der Waals surface area contributed by atoms with Crippen LogP contribution in [-0.2, 0) is 12.8 Å². The zero-order valence-corrected chi connectivity index (χ0v) is 47.0. The van der Waals surface area contributed by atoms with Gasteiger partial charge in [0.2, 0.25) is 0 Å². The van der Waals surface area contributed by atoms with Crippen molar-refractivity contribution in [2.24, 2.45) is 5.92 Å². The Kier molecular flexibility index (Phi) is 22.9. The van der Waals surface area contributed by atoms with E-state index < -0.39 is 0 Å². The highest BCUT2D eigenvalue weighted by molar-refractivity contribution is 9.11. The molecule has 6 rings (SSSR count). The maximum atomic E-state index is 14.9. The Hall–Kier alpha value is -0.880. The number of aryl methyl sites for hydroxylation is 2. The summed E-state index contributed by atoms with van der Waals surface area (Å²) in [5.41, 5.74) is 4.19. The van der Waals surface area contributed by atoms with E-state index in [0.29, 0.717) is 23.6 Å². The van der Waals surface area contributed by atoms with Gasteiger partial charge in [-0.2, -0.15) is 0 Å². The summed E-state index contributed by atoms with van der Waals surface area (Å²) in [5.74, 6) is 0.224. The minimum Gasteiger partial charge on any atom is -0.274 e. The van der Waals surface area contributed by atoms with Crippen LogP contribution in [0.3, 0.4) is 0 Å². The largest absolute Gasteiger partial charge is 0.274 e. The van der Waals surface area contributed by atoms with Gasteiger partial charge in [-0.1, -0.05) is 182 Å². The van der Waals surface area contributed by atoms with Crippen LogP contribution in [0.1, 0.15) is 239 Å². The smallest absolute Gasteiger partial charge is 0.263 e. The van der Waals surface area contributed by atoms with E-state index in [9.17, 15) is 9.59 Å².